The third kappa shape index (κ3) is 3.60. The number of nitrogens with one attached hydrogen (secondary N) is 1. The van der Waals surface area contributed by atoms with Crippen LogP contribution in [-0.4, -0.2) is 90.2 Å². The van der Waals surface area contributed by atoms with Crippen molar-refractivity contribution in [3.05, 3.63) is 18.0 Å². The first-order valence-electron chi connectivity index (χ1n) is 8.85. The average molecular weight is 385 g/mol. The average Bonchev–Trinajstić information content (AvgIpc) is 3.38. The normalized spacial score (nSPS) is 23.8. The second kappa shape index (κ2) is 6.94. The van der Waals surface area contributed by atoms with Crippen molar-refractivity contribution < 1.29 is 13.2 Å². The summed E-state index contributed by atoms with van der Waals surface area (Å²) in [5.74, 6) is 1.53. The van der Waals surface area contributed by atoms with Crippen LogP contribution in [0.5, 0.6) is 0 Å². The van der Waals surface area contributed by atoms with E-state index in [4.69, 9.17) is 0 Å². The van der Waals surface area contributed by atoms with Crippen molar-refractivity contribution in [2.45, 2.75) is 23.8 Å². The summed E-state index contributed by atoms with van der Waals surface area (Å²) in [6.45, 7) is 4.30. The highest BCUT2D eigenvalue weighted by molar-refractivity contribution is 7.99. The molecule has 1 N–H and O–H groups in total. The van der Waals surface area contributed by atoms with Crippen LogP contribution < -0.4 is 0 Å². The highest BCUT2D eigenvalue weighted by atomic mass is 32.2. The third-order valence-electron chi connectivity index (χ3n) is 5.16. The lowest BCUT2D eigenvalue weighted by atomic mass is 10.2. The number of amides is 1. The molecule has 0 spiro atoms. The van der Waals surface area contributed by atoms with Crippen molar-refractivity contribution in [2.75, 3.05) is 50.8 Å². The van der Waals surface area contributed by atoms with E-state index < -0.39 is 10.0 Å². The van der Waals surface area contributed by atoms with Crippen molar-refractivity contribution in [1.82, 2.24) is 19.1 Å². The minimum atomic E-state index is -3.51. The molecule has 1 amide bonds. The highest BCUT2D eigenvalue weighted by Crippen LogP contribution is 2.28. The van der Waals surface area contributed by atoms with Crippen molar-refractivity contribution in [1.29, 1.82) is 0 Å². The van der Waals surface area contributed by atoms with Gasteiger partial charge >= 0.3 is 0 Å². The quantitative estimate of drug-likeness (QED) is 0.826. The minimum absolute atomic E-state index is 0.105. The molecular weight excluding hydrogens is 360 g/mol. The summed E-state index contributed by atoms with van der Waals surface area (Å²) in [7, 11) is -3.51. The number of aromatic amines is 1. The largest absolute Gasteiger partial charge is 0.356 e. The standard InChI is InChI=1S/C16H24N4O3S2/c21-16(19-5-3-18(4-6-19)13-1-2-13)15-11-14(12-17-15)25(22,23)20-7-9-24-10-8-20/h11-13,17H,1-10H2. The van der Waals surface area contributed by atoms with E-state index in [2.05, 4.69) is 9.88 Å². The molecule has 0 radical (unpaired) electrons. The van der Waals surface area contributed by atoms with Crippen LogP contribution in [0.25, 0.3) is 0 Å². The summed E-state index contributed by atoms with van der Waals surface area (Å²) in [6.07, 6.45) is 4.01. The smallest absolute Gasteiger partial charge is 0.270 e. The molecule has 1 aliphatic carbocycles. The maximum absolute atomic E-state index is 12.7. The number of hydrogen-bond donors (Lipinski definition) is 1. The number of carbonyl (C=O) groups excluding carboxylic acids is 1. The second-order valence-corrected chi connectivity index (χ2v) is 9.99. The van der Waals surface area contributed by atoms with Gasteiger partial charge in [0.25, 0.3) is 5.91 Å². The van der Waals surface area contributed by atoms with Gasteiger partial charge in [-0.3, -0.25) is 9.69 Å². The van der Waals surface area contributed by atoms with E-state index >= 15 is 0 Å². The number of rotatable bonds is 4. The maximum Gasteiger partial charge on any atom is 0.270 e. The molecular formula is C16H24N4O3S2. The summed E-state index contributed by atoms with van der Waals surface area (Å²) in [6, 6.07) is 2.22. The molecule has 0 aromatic carbocycles. The summed E-state index contributed by atoms with van der Waals surface area (Å²) in [5.41, 5.74) is 0.366. The van der Waals surface area contributed by atoms with Crippen LogP contribution in [0.15, 0.2) is 17.2 Å². The first kappa shape index (κ1) is 17.4. The Morgan fingerprint density at radius 2 is 1.76 bits per heavy atom. The van der Waals surface area contributed by atoms with Crippen molar-refractivity contribution in [3.63, 3.8) is 0 Å². The lowest BCUT2D eigenvalue weighted by molar-refractivity contribution is 0.0622. The van der Waals surface area contributed by atoms with Gasteiger partial charge in [-0.1, -0.05) is 0 Å². The molecule has 1 aromatic rings. The first-order chi connectivity index (χ1) is 12.1. The van der Waals surface area contributed by atoms with Crippen molar-refractivity contribution >= 4 is 27.7 Å². The molecule has 4 rings (SSSR count). The Balaban J connectivity index is 1.42. The van der Waals surface area contributed by atoms with Gasteiger partial charge in [-0.15, -0.1) is 0 Å². The first-order valence-corrected chi connectivity index (χ1v) is 11.4. The topological polar surface area (TPSA) is 76.7 Å². The molecule has 1 aromatic heterocycles. The predicted octanol–water partition coefficient (Wildman–Crippen LogP) is 0.672. The number of thioether (sulfide) groups is 1. The van der Waals surface area contributed by atoms with E-state index in [-0.39, 0.29) is 10.8 Å². The van der Waals surface area contributed by atoms with Crippen LogP contribution in [-0.2, 0) is 10.0 Å². The van der Waals surface area contributed by atoms with Crippen molar-refractivity contribution in [2.24, 2.45) is 0 Å². The molecule has 3 aliphatic rings. The Morgan fingerprint density at radius 3 is 2.40 bits per heavy atom. The SMILES string of the molecule is O=C(c1cc(S(=O)(=O)N2CCSCC2)c[nH]1)N1CCN(C2CC2)CC1. The number of hydrogen-bond acceptors (Lipinski definition) is 5. The van der Waals surface area contributed by atoms with Crippen LogP contribution in [0.3, 0.4) is 0 Å². The number of sulfonamides is 1. The number of aromatic nitrogens is 1. The van der Waals surface area contributed by atoms with Crippen LogP contribution in [0.1, 0.15) is 23.3 Å². The van der Waals surface area contributed by atoms with Gasteiger partial charge in [0, 0.05) is 63.0 Å². The molecule has 0 atom stereocenters. The lowest BCUT2D eigenvalue weighted by Gasteiger charge is -2.34. The monoisotopic (exact) mass is 384 g/mol. The molecule has 138 valence electrons. The van der Waals surface area contributed by atoms with E-state index in [1.807, 2.05) is 4.90 Å². The van der Waals surface area contributed by atoms with Crippen LogP contribution in [0.2, 0.25) is 0 Å². The van der Waals surface area contributed by atoms with Gasteiger partial charge in [-0.05, 0) is 18.9 Å². The fourth-order valence-electron chi connectivity index (χ4n) is 3.48. The molecule has 7 nitrogen and oxygen atoms in total. The minimum Gasteiger partial charge on any atom is -0.356 e. The molecule has 0 unspecified atom stereocenters. The van der Waals surface area contributed by atoms with Gasteiger partial charge in [0.15, 0.2) is 0 Å². The van der Waals surface area contributed by atoms with Gasteiger partial charge in [0.05, 0.1) is 0 Å². The third-order valence-corrected chi connectivity index (χ3v) is 7.98. The molecule has 3 fully saturated rings. The van der Waals surface area contributed by atoms with E-state index in [0.29, 0.717) is 31.9 Å². The number of H-pyrrole nitrogens is 1. The summed E-state index contributed by atoms with van der Waals surface area (Å²) in [4.78, 5) is 20.0. The Morgan fingerprint density at radius 1 is 1.08 bits per heavy atom. The highest BCUT2D eigenvalue weighted by Gasteiger charge is 2.33. The van der Waals surface area contributed by atoms with Gasteiger partial charge < -0.3 is 9.88 Å². The van der Waals surface area contributed by atoms with Crippen molar-refractivity contribution in [3.8, 4) is 0 Å². The van der Waals surface area contributed by atoms with E-state index in [9.17, 15) is 13.2 Å². The van der Waals surface area contributed by atoms with E-state index in [0.717, 1.165) is 30.6 Å². The van der Waals surface area contributed by atoms with Crippen LogP contribution >= 0.6 is 11.8 Å². The Kier molecular flexibility index (Phi) is 4.83. The number of piperazine rings is 1. The second-order valence-electron chi connectivity index (χ2n) is 6.82. The molecule has 0 bridgehead atoms. The Labute approximate surface area is 152 Å². The summed E-state index contributed by atoms with van der Waals surface area (Å²) >= 11 is 1.77. The van der Waals surface area contributed by atoms with Gasteiger partial charge in [-0.25, -0.2) is 8.42 Å². The van der Waals surface area contributed by atoms with Crippen LogP contribution in [0, 0.1) is 0 Å². The maximum atomic E-state index is 12.7. The zero-order chi connectivity index (χ0) is 17.4. The molecule has 2 saturated heterocycles. The summed E-state index contributed by atoms with van der Waals surface area (Å²) in [5, 5.41) is 0. The zero-order valence-corrected chi connectivity index (χ0v) is 15.8. The zero-order valence-electron chi connectivity index (χ0n) is 14.2. The van der Waals surface area contributed by atoms with E-state index in [1.165, 1.54) is 29.4 Å². The van der Waals surface area contributed by atoms with Gasteiger partial charge in [0.1, 0.15) is 10.6 Å². The number of nitrogens with zero attached hydrogens (tertiary/aromatic N) is 3. The molecule has 25 heavy (non-hydrogen) atoms. The van der Waals surface area contributed by atoms with E-state index in [1.54, 1.807) is 11.8 Å². The predicted molar refractivity (Wildman–Crippen MR) is 97.4 cm³/mol. The molecule has 3 heterocycles. The Hall–Kier alpha value is -1.03. The van der Waals surface area contributed by atoms with Gasteiger partial charge in [-0.2, -0.15) is 16.1 Å². The molecule has 1 saturated carbocycles. The summed E-state index contributed by atoms with van der Waals surface area (Å²) < 4.78 is 26.9. The van der Waals surface area contributed by atoms with Crippen LogP contribution in [0.4, 0.5) is 0 Å². The number of carbonyl (C=O) groups is 1. The fraction of sp³-hybridized carbons (Fsp3) is 0.688. The Bertz CT molecular complexity index is 730. The molecule has 2 aliphatic heterocycles. The fourth-order valence-corrected chi connectivity index (χ4v) is 6.05. The lowest BCUT2D eigenvalue weighted by Crippen LogP contribution is -2.49. The molecule has 9 heteroatoms. The van der Waals surface area contributed by atoms with Gasteiger partial charge in [0.2, 0.25) is 10.0 Å².